The van der Waals surface area contributed by atoms with Crippen LogP contribution in [0.1, 0.15) is 12.5 Å². The standard InChI is InChI=1S/C18H22N4O2/c1-2-14-5-3-4-6-16(14)21-17-8-7-15(13-19-17)20-18(23)22-9-11-24-12-10-22/h3-8,13H,2,9-12H2,1H3,(H,19,21)(H,20,23). The van der Waals surface area contributed by atoms with E-state index in [4.69, 9.17) is 4.74 Å². The van der Waals surface area contributed by atoms with Crippen LogP contribution in [0.4, 0.5) is 22.0 Å². The molecule has 126 valence electrons. The smallest absolute Gasteiger partial charge is 0.322 e. The molecule has 1 aromatic heterocycles. The van der Waals surface area contributed by atoms with Gasteiger partial charge in [0.1, 0.15) is 5.82 Å². The number of benzene rings is 1. The average molecular weight is 326 g/mol. The van der Waals surface area contributed by atoms with Crippen LogP contribution in [0.3, 0.4) is 0 Å². The van der Waals surface area contributed by atoms with Crippen molar-refractivity contribution < 1.29 is 9.53 Å². The monoisotopic (exact) mass is 326 g/mol. The molecule has 0 bridgehead atoms. The fourth-order valence-electron chi connectivity index (χ4n) is 2.60. The van der Waals surface area contributed by atoms with Crippen molar-refractivity contribution >= 4 is 23.2 Å². The minimum atomic E-state index is -0.114. The van der Waals surface area contributed by atoms with E-state index in [1.165, 1.54) is 5.56 Å². The van der Waals surface area contributed by atoms with E-state index < -0.39 is 0 Å². The molecule has 3 rings (SSSR count). The molecule has 1 aliphatic heterocycles. The van der Waals surface area contributed by atoms with Gasteiger partial charge in [-0.15, -0.1) is 0 Å². The molecule has 6 nitrogen and oxygen atoms in total. The number of hydrogen-bond donors (Lipinski definition) is 2. The Bertz CT molecular complexity index is 682. The maximum absolute atomic E-state index is 12.1. The van der Waals surface area contributed by atoms with Crippen LogP contribution < -0.4 is 10.6 Å². The van der Waals surface area contributed by atoms with Crippen LogP contribution in [0, 0.1) is 0 Å². The van der Waals surface area contributed by atoms with Crippen molar-refractivity contribution in [2.24, 2.45) is 0 Å². The second-order valence-corrected chi connectivity index (χ2v) is 5.60. The fourth-order valence-corrected chi connectivity index (χ4v) is 2.60. The highest BCUT2D eigenvalue weighted by Crippen LogP contribution is 2.20. The van der Waals surface area contributed by atoms with Gasteiger partial charge in [0, 0.05) is 18.8 Å². The number of para-hydroxylation sites is 1. The van der Waals surface area contributed by atoms with E-state index in [0.29, 0.717) is 32.0 Å². The highest BCUT2D eigenvalue weighted by Gasteiger charge is 2.16. The Morgan fingerprint density at radius 1 is 1.21 bits per heavy atom. The molecule has 2 heterocycles. The number of hydrogen-bond acceptors (Lipinski definition) is 4. The van der Waals surface area contributed by atoms with Gasteiger partial charge in [-0.3, -0.25) is 0 Å². The first-order valence-corrected chi connectivity index (χ1v) is 8.21. The zero-order chi connectivity index (χ0) is 16.8. The first-order valence-electron chi connectivity index (χ1n) is 8.21. The lowest BCUT2D eigenvalue weighted by Gasteiger charge is -2.26. The Morgan fingerprint density at radius 2 is 2.00 bits per heavy atom. The molecule has 6 heteroatoms. The van der Waals surface area contributed by atoms with Crippen LogP contribution in [0.25, 0.3) is 0 Å². The van der Waals surface area contributed by atoms with Crippen molar-refractivity contribution in [1.82, 2.24) is 9.88 Å². The SMILES string of the molecule is CCc1ccccc1Nc1ccc(NC(=O)N2CCOCC2)cn1. The minimum Gasteiger partial charge on any atom is -0.378 e. The Balaban J connectivity index is 1.61. The topological polar surface area (TPSA) is 66.5 Å². The van der Waals surface area contributed by atoms with E-state index in [1.54, 1.807) is 11.1 Å². The van der Waals surface area contributed by atoms with Gasteiger partial charge >= 0.3 is 6.03 Å². The predicted molar refractivity (Wildman–Crippen MR) is 94.8 cm³/mol. The minimum absolute atomic E-state index is 0.114. The van der Waals surface area contributed by atoms with Gasteiger partial charge in [-0.2, -0.15) is 0 Å². The Morgan fingerprint density at radius 3 is 2.71 bits per heavy atom. The lowest BCUT2D eigenvalue weighted by molar-refractivity contribution is 0.0564. The van der Waals surface area contributed by atoms with Gasteiger partial charge in [0.25, 0.3) is 0 Å². The van der Waals surface area contributed by atoms with E-state index in [0.717, 1.165) is 17.9 Å². The summed E-state index contributed by atoms with van der Waals surface area (Å²) in [5, 5.41) is 6.18. The van der Waals surface area contributed by atoms with Gasteiger partial charge in [-0.25, -0.2) is 9.78 Å². The van der Waals surface area contributed by atoms with E-state index >= 15 is 0 Å². The lowest BCUT2D eigenvalue weighted by atomic mass is 10.1. The van der Waals surface area contributed by atoms with Crippen LogP contribution in [-0.2, 0) is 11.2 Å². The van der Waals surface area contributed by atoms with E-state index in [1.807, 2.05) is 30.3 Å². The summed E-state index contributed by atoms with van der Waals surface area (Å²) < 4.78 is 5.25. The molecule has 1 fully saturated rings. The molecule has 1 saturated heterocycles. The number of aryl methyl sites for hydroxylation is 1. The molecule has 2 N–H and O–H groups in total. The number of carbonyl (C=O) groups is 1. The van der Waals surface area contributed by atoms with Crippen LogP contribution >= 0.6 is 0 Å². The summed E-state index contributed by atoms with van der Waals surface area (Å²) >= 11 is 0. The molecule has 24 heavy (non-hydrogen) atoms. The molecule has 0 spiro atoms. The molecular formula is C18H22N4O2. The molecule has 0 atom stereocenters. The number of rotatable bonds is 4. The number of carbonyl (C=O) groups excluding carboxylic acids is 1. The normalized spacial score (nSPS) is 14.3. The number of ether oxygens (including phenoxy) is 1. The summed E-state index contributed by atoms with van der Waals surface area (Å²) in [5.41, 5.74) is 2.97. The van der Waals surface area contributed by atoms with E-state index in [2.05, 4.69) is 28.6 Å². The number of aromatic nitrogens is 1. The highest BCUT2D eigenvalue weighted by atomic mass is 16.5. The highest BCUT2D eigenvalue weighted by molar-refractivity contribution is 5.89. The number of pyridine rings is 1. The molecule has 0 saturated carbocycles. The summed E-state index contributed by atoms with van der Waals surface area (Å²) in [6.07, 6.45) is 2.62. The van der Waals surface area contributed by atoms with Gasteiger partial charge in [0.15, 0.2) is 0 Å². The third-order valence-corrected chi connectivity index (χ3v) is 3.97. The van der Waals surface area contributed by atoms with Crippen LogP contribution in [-0.4, -0.2) is 42.2 Å². The molecule has 1 aromatic carbocycles. The number of morpholine rings is 1. The molecule has 0 radical (unpaired) electrons. The summed E-state index contributed by atoms with van der Waals surface area (Å²) in [6, 6.07) is 11.8. The molecule has 2 amide bonds. The first-order chi connectivity index (χ1) is 11.8. The first kappa shape index (κ1) is 16.3. The fraction of sp³-hybridized carbons (Fsp3) is 0.333. The van der Waals surface area contributed by atoms with Gasteiger partial charge in [0.2, 0.25) is 0 Å². The van der Waals surface area contributed by atoms with Crippen LogP contribution in [0.5, 0.6) is 0 Å². The third kappa shape index (κ3) is 4.02. The number of nitrogens with one attached hydrogen (secondary N) is 2. The quantitative estimate of drug-likeness (QED) is 0.905. The Hall–Kier alpha value is -2.60. The summed E-state index contributed by atoms with van der Waals surface area (Å²) in [7, 11) is 0. The summed E-state index contributed by atoms with van der Waals surface area (Å²) in [6.45, 7) is 4.54. The maximum atomic E-state index is 12.1. The second kappa shape index (κ2) is 7.79. The van der Waals surface area contributed by atoms with Crippen molar-refractivity contribution in [2.75, 3.05) is 36.9 Å². The van der Waals surface area contributed by atoms with Crippen molar-refractivity contribution in [3.63, 3.8) is 0 Å². The zero-order valence-corrected chi connectivity index (χ0v) is 13.8. The number of nitrogens with zero attached hydrogens (tertiary/aromatic N) is 2. The Kier molecular flexibility index (Phi) is 5.28. The van der Waals surface area contributed by atoms with Crippen molar-refractivity contribution in [2.45, 2.75) is 13.3 Å². The predicted octanol–water partition coefficient (Wildman–Crippen LogP) is 3.25. The van der Waals surface area contributed by atoms with Gasteiger partial charge in [-0.1, -0.05) is 25.1 Å². The number of urea groups is 1. The second-order valence-electron chi connectivity index (χ2n) is 5.60. The molecular weight excluding hydrogens is 304 g/mol. The van der Waals surface area contributed by atoms with Crippen molar-refractivity contribution in [3.8, 4) is 0 Å². The summed E-state index contributed by atoms with van der Waals surface area (Å²) in [5.74, 6) is 0.750. The largest absolute Gasteiger partial charge is 0.378 e. The molecule has 0 unspecified atom stereocenters. The van der Waals surface area contributed by atoms with Crippen molar-refractivity contribution in [3.05, 3.63) is 48.2 Å². The van der Waals surface area contributed by atoms with Crippen LogP contribution in [0.2, 0.25) is 0 Å². The van der Waals surface area contributed by atoms with Crippen LogP contribution in [0.15, 0.2) is 42.6 Å². The van der Waals surface area contributed by atoms with Gasteiger partial charge in [0.05, 0.1) is 25.1 Å². The number of anilines is 3. The number of amides is 2. The van der Waals surface area contributed by atoms with Gasteiger partial charge in [-0.05, 0) is 30.2 Å². The molecule has 0 aliphatic carbocycles. The lowest BCUT2D eigenvalue weighted by Crippen LogP contribution is -2.43. The van der Waals surface area contributed by atoms with Crippen molar-refractivity contribution in [1.29, 1.82) is 0 Å². The van der Waals surface area contributed by atoms with E-state index in [-0.39, 0.29) is 6.03 Å². The van der Waals surface area contributed by atoms with E-state index in [9.17, 15) is 4.79 Å². The maximum Gasteiger partial charge on any atom is 0.322 e. The third-order valence-electron chi connectivity index (χ3n) is 3.97. The molecule has 2 aromatic rings. The summed E-state index contributed by atoms with van der Waals surface area (Å²) in [4.78, 5) is 18.3. The Labute approximate surface area is 141 Å². The van der Waals surface area contributed by atoms with Gasteiger partial charge < -0.3 is 20.3 Å². The molecule has 1 aliphatic rings. The zero-order valence-electron chi connectivity index (χ0n) is 13.8. The average Bonchev–Trinajstić information content (AvgIpc) is 2.64.